The molecule has 2 aromatic rings. The fraction of sp³-hybridized carbons (Fsp3) is 0.286. The Morgan fingerprint density at radius 1 is 1.24 bits per heavy atom. The van der Waals surface area contributed by atoms with E-state index in [1.165, 1.54) is 0 Å². The number of fused-ring (bicyclic) bond motifs is 3. The first-order chi connectivity index (χ1) is 14.0. The molecular weight excluding hydrogens is 387 g/mol. The quantitative estimate of drug-likeness (QED) is 0.742. The second-order valence-electron chi connectivity index (χ2n) is 7.82. The van der Waals surface area contributed by atoms with Gasteiger partial charge in [-0.3, -0.25) is 4.98 Å². The van der Waals surface area contributed by atoms with Crippen molar-refractivity contribution in [3.63, 3.8) is 0 Å². The summed E-state index contributed by atoms with van der Waals surface area (Å²) in [5, 5.41) is 10.1. The van der Waals surface area contributed by atoms with Gasteiger partial charge in [0.15, 0.2) is 0 Å². The summed E-state index contributed by atoms with van der Waals surface area (Å²) in [6, 6.07) is 9.09. The molecule has 3 aliphatic rings. The van der Waals surface area contributed by atoms with Gasteiger partial charge in [0.25, 0.3) is 0 Å². The third kappa shape index (κ3) is 3.63. The minimum absolute atomic E-state index is 0.0168. The van der Waals surface area contributed by atoms with Crippen LogP contribution in [0.2, 0.25) is 0 Å². The summed E-state index contributed by atoms with van der Waals surface area (Å²) in [7, 11) is -4.40. The fourth-order valence-corrected chi connectivity index (χ4v) is 5.78. The van der Waals surface area contributed by atoms with E-state index in [2.05, 4.69) is 21.9 Å². The fourth-order valence-electron chi connectivity index (χ4n) is 4.36. The first-order valence-electron chi connectivity index (χ1n) is 9.78. The second-order valence-corrected chi connectivity index (χ2v) is 9.58. The van der Waals surface area contributed by atoms with Crippen LogP contribution in [0, 0.1) is 5.92 Å². The summed E-state index contributed by atoms with van der Waals surface area (Å²) in [6.45, 7) is 0. The third-order valence-corrected chi connectivity index (χ3v) is 7.15. The average molecular weight is 408 g/mol. The average Bonchev–Trinajstić information content (AvgIpc) is 3.13. The highest BCUT2D eigenvalue weighted by Gasteiger charge is 2.39. The molecule has 1 saturated carbocycles. The molecular formula is C21H21BN2O4S. The first-order valence-corrected chi connectivity index (χ1v) is 11.4. The minimum atomic E-state index is -3.39. The molecule has 0 unspecified atom stereocenters. The molecule has 8 heteroatoms. The van der Waals surface area contributed by atoms with Gasteiger partial charge in [-0.15, -0.1) is 0 Å². The van der Waals surface area contributed by atoms with Crippen molar-refractivity contribution < 1.29 is 18.1 Å². The Morgan fingerprint density at radius 2 is 2.03 bits per heavy atom. The summed E-state index contributed by atoms with van der Waals surface area (Å²) >= 11 is 0. The van der Waals surface area contributed by atoms with Crippen LogP contribution in [-0.2, 0) is 22.2 Å². The number of nitrogens with one attached hydrogen (secondary N) is 1. The van der Waals surface area contributed by atoms with Gasteiger partial charge in [-0.25, -0.2) is 13.1 Å². The molecule has 2 heterocycles. The molecule has 1 aromatic carbocycles. The van der Waals surface area contributed by atoms with Gasteiger partial charge in [0.2, 0.25) is 10.0 Å². The Labute approximate surface area is 170 Å². The Kier molecular flexibility index (Phi) is 4.57. The Balaban J connectivity index is 1.30. The van der Waals surface area contributed by atoms with Crippen LogP contribution in [0.15, 0.2) is 48.6 Å². The molecule has 0 amide bonds. The molecule has 29 heavy (non-hydrogen) atoms. The van der Waals surface area contributed by atoms with Crippen molar-refractivity contribution in [1.82, 2.24) is 9.71 Å². The van der Waals surface area contributed by atoms with Crippen LogP contribution in [0.5, 0.6) is 5.75 Å². The van der Waals surface area contributed by atoms with E-state index < -0.39 is 17.1 Å². The van der Waals surface area contributed by atoms with Crippen LogP contribution >= 0.6 is 0 Å². The van der Waals surface area contributed by atoms with Crippen molar-refractivity contribution in [1.29, 1.82) is 0 Å². The molecule has 2 N–H and O–H groups in total. The zero-order valence-electron chi connectivity index (χ0n) is 15.8. The summed E-state index contributed by atoms with van der Waals surface area (Å²) in [4.78, 5) is 4.43. The van der Waals surface area contributed by atoms with E-state index in [0.29, 0.717) is 18.6 Å². The molecule has 1 fully saturated rings. The van der Waals surface area contributed by atoms with Gasteiger partial charge in [-0.2, -0.15) is 0 Å². The smallest absolute Gasteiger partial charge is 0.531 e. The van der Waals surface area contributed by atoms with Crippen LogP contribution in [0.25, 0.3) is 11.6 Å². The van der Waals surface area contributed by atoms with E-state index in [-0.39, 0.29) is 17.7 Å². The molecule has 0 radical (unpaired) electrons. The lowest BCUT2D eigenvalue weighted by molar-refractivity contribution is 0.308. The third-order valence-electron chi connectivity index (χ3n) is 5.74. The van der Waals surface area contributed by atoms with Gasteiger partial charge < -0.3 is 9.68 Å². The molecule has 2 aliphatic carbocycles. The molecule has 1 aromatic heterocycles. The molecule has 0 spiro atoms. The van der Waals surface area contributed by atoms with Crippen LogP contribution in [-0.4, -0.2) is 31.6 Å². The van der Waals surface area contributed by atoms with Gasteiger partial charge in [0.1, 0.15) is 5.75 Å². The summed E-state index contributed by atoms with van der Waals surface area (Å²) in [5.74, 6) is 2.50. The normalized spacial score (nSPS) is 22.4. The van der Waals surface area contributed by atoms with Crippen LogP contribution < -0.4 is 9.38 Å². The maximum Gasteiger partial charge on any atom is 0.552 e. The number of benzene rings is 1. The number of nitrogens with zero attached hydrogens (tertiary/aromatic N) is 1. The standard InChI is InChI=1S/C21H21BN2O4S/c25-22-11-18(21-17-7-4-8-19(17)23-12-20(21)28-22)15-9-16(10-15)24-29(26,27)13-14-5-2-1-3-6-14/h1-7,11-12,15-16,24-25H,8-10,13H2. The van der Waals surface area contributed by atoms with Gasteiger partial charge >= 0.3 is 7.12 Å². The predicted molar refractivity (Wildman–Crippen MR) is 112 cm³/mol. The highest BCUT2D eigenvalue weighted by atomic mass is 32.2. The Hall–Kier alpha value is -2.42. The Morgan fingerprint density at radius 3 is 2.83 bits per heavy atom. The number of aromatic nitrogens is 1. The van der Waals surface area contributed by atoms with E-state index in [1.54, 1.807) is 12.2 Å². The number of allylic oxidation sites excluding steroid dienone is 2. The van der Waals surface area contributed by atoms with Gasteiger partial charge in [-0.1, -0.05) is 42.5 Å². The van der Waals surface area contributed by atoms with Crippen molar-refractivity contribution in [3.8, 4) is 5.75 Å². The largest absolute Gasteiger partial charge is 0.552 e. The first kappa shape index (κ1) is 18.6. The highest BCUT2D eigenvalue weighted by molar-refractivity contribution is 7.88. The van der Waals surface area contributed by atoms with Crippen molar-refractivity contribution in [2.45, 2.75) is 31.1 Å². The van der Waals surface area contributed by atoms with Crippen molar-refractivity contribution in [2.75, 3.05) is 0 Å². The molecule has 5 rings (SSSR count). The van der Waals surface area contributed by atoms with Crippen molar-refractivity contribution in [3.05, 3.63) is 71.0 Å². The molecule has 148 valence electrons. The highest BCUT2D eigenvalue weighted by Crippen LogP contribution is 2.46. The number of sulfonamides is 1. The predicted octanol–water partition coefficient (Wildman–Crippen LogP) is 2.34. The van der Waals surface area contributed by atoms with Crippen LogP contribution in [0.3, 0.4) is 0 Å². The maximum absolute atomic E-state index is 12.5. The molecule has 0 atom stereocenters. The summed E-state index contributed by atoms with van der Waals surface area (Å²) in [6.07, 6.45) is 8.00. The number of hydrogen-bond acceptors (Lipinski definition) is 5. The zero-order chi connectivity index (χ0) is 20.0. The van der Waals surface area contributed by atoms with E-state index in [9.17, 15) is 13.4 Å². The number of rotatable bonds is 5. The summed E-state index contributed by atoms with van der Waals surface area (Å²) in [5.41, 5.74) is 4.85. The maximum atomic E-state index is 12.5. The van der Waals surface area contributed by atoms with Crippen LogP contribution in [0.1, 0.15) is 35.2 Å². The minimum Gasteiger partial charge on any atom is -0.531 e. The molecule has 0 saturated heterocycles. The lowest BCUT2D eigenvalue weighted by Gasteiger charge is -2.39. The van der Waals surface area contributed by atoms with Crippen molar-refractivity contribution >= 4 is 28.8 Å². The van der Waals surface area contributed by atoms with Crippen LogP contribution in [0.4, 0.5) is 0 Å². The monoisotopic (exact) mass is 408 g/mol. The van der Waals surface area contributed by atoms with E-state index in [0.717, 1.165) is 34.4 Å². The zero-order valence-corrected chi connectivity index (χ0v) is 16.6. The molecule has 6 nitrogen and oxygen atoms in total. The topological polar surface area (TPSA) is 88.5 Å². The van der Waals surface area contributed by atoms with E-state index in [1.807, 2.05) is 30.3 Å². The van der Waals surface area contributed by atoms with E-state index >= 15 is 0 Å². The van der Waals surface area contributed by atoms with E-state index in [4.69, 9.17) is 4.65 Å². The lowest BCUT2D eigenvalue weighted by atomic mass is 9.68. The Bertz CT molecular complexity index is 1110. The second kappa shape index (κ2) is 7.13. The molecule has 1 aliphatic heterocycles. The molecule has 0 bridgehead atoms. The van der Waals surface area contributed by atoms with Crippen molar-refractivity contribution in [2.24, 2.45) is 5.92 Å². The van der Waals surface area contributed by atoms with Gasteiger partial charge in [0.05, 0.1) is 17.6 Å². The van der Waals surface area contributed by atoms with Gasteiger partial charge in [-0.05, 0) is 35.9 Å². The SMILES string of the molecule is O=S(=O)(Cc1ccccc1)NC1CC(C2=CB(O)Oc3cnc4c(c32)C=CC4)C1. The lowest BCUT2D eigenvalue weighted by Crippen LogP contribution is -2.45. The number of pyridine rings is 1. The summed E-state index contributed by atoms with van der Waals surface area (Å²) < 4.78 is 33.3. The number of hydrogen-bond donors (Lipinski definition) is 2. The van der Waals surface area contributed by atoms with Gasteiger partial charge in [0, 0.05) is 23.6 Å².